The fraction of sp³-hybridized carbons (Fsp3) is 0.778. The summed E-state index contributed by atoms with van der Waals surface area (Å²) >= 11 is 0. The van der Waals surface area contributed by atoms with E-state index in [1.807, 2.05) is 13.8 Å². The number of hydrogen-bond acceptors (Lipinski definition) is 4. The molecule has 0 radical (unpaired) electrons. The van der Waals surface area contributed by atoms with Gasteiger partial charge in [-0.1, -0.05) is 20.3 Å². The lowest BCUT2D eigenvalue weighted by Gasteiger charge is -2.23. The van der Waals surface area contributed by atoms with Gasteiger partial charge in [-0.3, -0.25) is 4.79 Å². The molecule has 4 heteroatoms. The highest BCUT2D eigenvalue weighted by Gasteiger charge is 2.36. The topological polar surface area (TPSA) is 52.6 Å². The minimum atomic E-state index is -0.642. The lowest BCUT2D eigenvalue weighted by atomic mass is 10.1. The van der Waals surface area contributed by atoms with Crippen molar-refractivity contribution in [2.45, 2.75) is 32.8 Å². The molecule has 1 rings (SSSR count). The third-order valence-corrected chi connectivity index (χ3v) is 2.10. The van der Waals surface area contributed by atoms with Gasteiger partial charge in [0.15, 0.2) is 0 Å². The maximum Gasteiger partial charge on any atom is 0.348 e. The van der Waals surface area contributed by atoms with Crippen LogP contribution in [0.2, 0.25) is 0 Å². The molecule has 1 fully saturated rings. The molecule has 2 atom stereocenters. The Kier molecular flexibility index (Phi) is 3.28. The second-order valence-electron chi connectivity index (χ2n) is 3.33. The van der Waals surface area contributed by atoms with E-state index < -0.39 is 12.1 Å². The first-order valence-electron chi connectivity index (χ1n) is 4.49. The molecule has 1 heterocycles. The number of carbonyl (C=O) groups excluding carboxylic acids is 2. The fourth-order valence-corrected chi connectivity index (χ4v) is 0.867. The highest BCUT2D eigenvalue weighted by atomic mass is 16.6. The Bertz CT molecular complexity index is 204. The molecule has 0 aromatic carbocycles. The van der Waals surface area contributed by atoms with Crippen LogP contribution in [0.1, 0.15) is 26.7 Å². The SMILES string of the molecule is CC[C@H](C)COC(=O)[C@@H]1CC(=O)O1. The number of rotatable bonds is 4. The molecule has 0 saturated carbocycles. The Balaban J connectivity index is 2.15. The molecular weight excluding hydrogens is 172 g/mol. The quantitative estimate of drug-likeness (QED) is 0.612. The summed E-state index contributed by atoms with van der Waals surface area (Å²) in [4.78, 5) is 21.5. The second kappa shape index (κ2) is 4.25. The summed E-state index contributed by atoms with van der Waals surface area (Å²) in [7, 11) is 0. The van der Waals surface area contributed by atoms with Crippen molar-refractivity contribution in [1.29, 1.82) is 0 Å². The average molecular weight is 186 g/mol. The van der Waals surface area contributed by atoms with Crippen LogP contribution in [0.4, 0.5) is 0 Å². The lowest BCUT2D eigenvalue weighted by molar-refractivity contribution is -0.186. The van der Waals surface area contributed by atoms with Crippen LogP contribution in [0.3, 0.4) is 0 Å². The third-order valence-electron chi connectivity index (χ3n) is 2.10. The maximum atomic E-state index is 11.1. The van der Waals surface area contributed by atoms with Crippen LogP contribution < -0.4 is 0 Å². The summed E-state index contributed by atoms with van der Waals surface area (Å²) in [6.45, 7) is 4.44. The van der Waals surface area contributed by atoms with Crippen molar-refractivity contribution in [1.82, 2.24) is 0 Å². The van der Waals surface area contributed by atoms with Crippen LogP contribution in [0, 0.1) is 5.92 Å². The van der Waals surface area contributed by atoms with E-state index in [1.165, 1.54) is 0 Å². The van der Waals surface area contributed by atoms with Gasteiger partial charge in [0.25, 0.3) is 0 Å². The van der Waals surface area contributed by atoms with Gasteiger partial charge in [-0.05, 0) is 5.92 Å². The Morgan fingerprint density at radius 1 is 1.77 bits per heavy atom. The zero-order valence-electron chi connectivity index (χ0n) is 7.91. The molecule has 1 aliphatic heterocycles. The van der Waals surface area contributed by atoms with Crippen molar-refractivity contribution in [3.8, 4) is 0 Å². The van der Waals surface area contributed by atoms with Crippen molar-refractivity contribution in [3.63, 3.8) is 0 Å². The Morgan fingerprint density at radius 2 is 2.38 bits per heavy atom. The smallest absolute Gasteiger partial charge is 0.348 e. The molecule has 0 unspecified atom stereocenters. The van der Waals surface area contributed by atoms with Crippen LogP contribution in [0.5, 0.6) is 0 Å². The molecule has 4 nitrogen and oxygen atoms in total. The van der Waals surface area contributed by atoms with Crippen LogP contribution >= 0.6 is 0 Å². The van der Waals surface area contributed by atoms with Gasteiger partial charge in [0.2, 0.25) is 6.10 Å². The van der Waals surface area contributed by atoms with E-state index in [4.69, 9.17) is 4.74 Å². The minimum absolute atomic E-state index is 0.166. The first kappa shape index (κ1) is 10.0. The van der Waals surface area contributed by atoms with Crippen LogP contribution in [0.15, 0.2) is 0 Å². The van der Waals surface area contributed by atoms with Gasteiger partial charge < -0.3 is 9.47 Å². The van der Waals surface area contributed by atoms with Crippen LogP contribution in [-0.2, 0) is 19.1 Å². The Labute approximate surface area is 77.2 Å². The number of hydrogen-bond donors (Lipinski definition) is 0. The van der Waals surface area contributed by atoms with E-state index in [9.17, 15) is 9.59 Å². The minimum Gasteiger partial charge on any atom is -0.463 e. The largest absolute Gasteiger partial charge is 0.463 e. The van der Waals surface area contributed by atoms with E-state index in [1.54, 1.807) is 0 Å². The monoisotopic (exact) mass is 186 g/mol. The van der Waals surface area contributed by atoms with Gasteiger partial charge in [0.05, 0.1) is 13.0 Å². The van der Waals surface area contributed by atoms with Gasteiger partial charge in [-0.25, -0.2) is 4.79 Å². The summed E-state index contributed by atoms with van der Waals surface area (Å²) in [5, 5.41) is 0. The van der Waals surface area contributed by atoms with Crippen LogP contribution in [0.25, 0.3) is 0 Å². The number of esters is 2. The van der Waals surface area contributed by atoms with Gasteiger partial charge in [-0.2, -0.15) is 0 Å². The molecule has 0 N–H and O–H groups in total. The number of carbonyl (C=O) groups is 2. The lowest BCUT2D eigenvalue weighted by Crippen LogP contribution is -2.40. The van der Waals surface area contributed by atoms with Crippen LogP contribution in [-0.4, -0.2) is 24.6 Å². The van der Waals surface area contributed by atoms with E-state index in [0.29, 0.717) is 12.5 Å². The maximum absolute atomic E-state index is 11.1. The molecule has 1 aliphatic rings. The van der Waals surface area contributed by atoms with Gasteiger partial charge in [0.1, 0.15) is 0 Å². The van der Waals surface area contributed by atoms with Gasteiger partial charge in [0, 0.05) is 0 Å². The van der Waals surface area contributed by atoms with E-state index in [0.717, 1.165) is 6.42 Å². The summed E-state index contributed by atoms with van der Waals surface area (Å²) in [5.74, 6) is -0.384. The van der Waals surface area contributed by atoms with Crippen molar-refractivity contribution in [3.05, 3.63) is 0 Å². The summed E-state index contributed by atoms with van der Waals surface area (Å²) in [6.07, 6.45) is 0.494. The van der Waals surface area contributed by atoms with E-state index in [2.05, 4.69) is 4.74 Å². The molecular formula is C9H14O4. The highest BCUT2D eigenvalue weighted by Crippen LogP contribution is 2.15. The third kappa shape index (κ3) is 2.72. The molecule has 0 aromatic rings. The highest BCUT2D eigenvalue weighted by molar-refractivity contribution is 5.89. The molecule has 0 aliphatic carbocycles. The molecule has 0 amide bonds. The first-order valence-corrected chi connectivity index (χ1v) is 4.49. The van der Waals surface area contributed by atoms with Crippen molar-refractivity contribution >= 4 is 11.9 Å². The van der Waals surface area contributed by atoms with E-state index >= 15 is 0 Å². The molecule has 1 saturated heterocycles. The Morgan fingerprint density at radius 3 is 2.85 bits per heavy atom. The number of ether oxygens (including phenoxy) is 2. The summed E-state index contributed by atoms with van der Waals surface area (Å²) in [6, 6.07) is 0. The fourth-order valence-electron chi connectivity index (χ4n) is 0.867. The molecule has 13 heavy (non-hydrogen) atoms. The predicted molar refractivity (Wildman–Crippen MR) is 44.9 cm³/mol. The summed E-state index contributed by atoms with van der Waals surface area (Å²) in [5.41, 5.74) is 0. The molecule has 0 bridgehead atoms. The zero-order valence-corrected chi connectivity index (χ0v) is 7.91. The van der Waals surface area contributed by atoms with Gasteiger partial charge in [-0.15, -0.1) is 0 Å². The van der Waals surface area contributed by atoms with Gasteiger partial charge >= 0.3 is 11.9 Å². The standard InChI is InChI=1S/C9H14O4/c1-3-6(2)5-12-9(11)7-4-8(10)13-7/h6-7H,3-5H2,1-2H3/t6-,7-/m0/s1. The Hall–Kier alpha value is -1.06. The van der Waals surface area contributed by atoms with Crippen molar-refractivity contribution in [2.24, 2.45) is 5.92 Å². The van der Waals surface area contributed by atoms with E-state index in [-0.39, 0.29) is 12.4 Å². The molecule has 0 spiro atoms. The summed E-state index contributed by atoms with van der Waals surface area (Å²) < 4.78 is 9.48. The predicted octanol–water partition coefficient (Wildman–Crippen LogP) is 0.891. The van der Waals surface area contributed by atoms with Crippen molar-refractivity contribution in [2.75, 3.05) is 6.61 Å². The normalized spacial score (nSPS) is 22.9. The second-order valence-corrected chi connectivity index (χ2v) is 3.33. The first-order chi connectivity index (χ1) is 6.13. The average Bonchev–Trinajstić information content (AvgIpc) is 2.08. The zero-order chi connectivity index (χ0) is 9.84. The number of cyclic esters (lactones) is 1. The molecule has 74 valence electrons. The molecule has 0 aromatic heterocycles. The van der Waals surface area contributed by atoms with Crippen molar-refractivity contribution < 1.29 is 19.1 Å².